The van der Waals surface area contributed by atoms with Crippen LogP contribution in [0.25, 0.3) is 0 Å². The Morgan fingerprint density at radius 3 is 2.39 bits per heavy atom. The van der Waals surface area contributed by atoms with E-state index in [9.17, 15) is 18.0 Å². The third kappa shape index (κ3) is 7.07. The van der Waals surface area contributed by atoms with Crippen LogP contribution in [0.1, 0.15) is 13.3 Å². The Kier molecular flexibility index (Phi) is 7.29. The average Bonchev–Trinajstić information content (AvgIpc) is 2.28. The molecule has 0 aromatic carbocycles. The molecule has 0 aliphatic rings. The first-order valence-electron chi connectivity index (χ1n) is 5.41. The molecule has 0 aliphatic heterocycles. The first kappa shape index (κ1) is 16.6. The summed E-state index contributed by atoms with van der Waals surface area (Å²) in [6, 6.07) is -1.97. The number of aliphatic hydroxyl groups excluding tert-OH is 1. The number of carbonyl (C=O) groups is 2. The van der Waals surface area contributed by atoms with Gasteiger partial charge in [-0.2, -0.15) is 0 Å². The van der Waals surface area contributed by atoms with Crippen molar-refractivity contribution in [3.05, 3.63) is 0 Å². The summed E-state index contributed by atoms with van der Waals surface area (Å²) < 4.78 is 22.2. The van der Waals surface area contributed by atoms with Crippen LogP contribution in [0.3, 0.4) is 0 Å². The lowest BCUT2D eigenvalue weighted by Gasteiger charge is -2.13. The van der Waals surface area contributed by atoms with E-state index in [1.54, 1.807) is 0 Å². The first-order chi connectivity index (χ1) is 8.32. The van der Waals surface area contributed by atoms with Crippen molar-refractivity contribution >= 4 is 21.8 Å². The maximum absolute atomic E-state index is 11.2. The van der Waals surface area contributed by atoms with Gasteiger partial charge in [0, 0.05) is 25.3 Å². The van der Waals surface area contributed by atoms with E-state index in [2.05, 4.69) is 10.6 Å². The van der Waals surface area contributed by atoms with Gasteiger partial charge >= 0.3 is 12.0 Å². The minimum Gasteiger partial charge on any atom is -0.480 e. The van der Waals surface area contributed by atoms with E-state index in [1.165, 1.54) is 6.92 Å². The molecule has 106 valence electrons. The zero-order valence-electron chi connectivity index (χ0n) is 10.0. The van der Waals surface area contributed by atoms with E-state index in [-0.39, 0.29) is 31.1 Å². The van der Waals surface area contributed by atoms with Gasteiger partial charge in [0.25, 0.3) is 0 Å². The number of hydrogen-bond acceptors (Lipinski definition) is 5. The van der Waals surface area contributed by atoms with Crippen LogP contribution in [0.4, 0.5) is 4.79 Å². The van der Waals surface area contributed by atoms with Gasteiger partial charge in [-0.25, -0.2) is 18.0 Å². The van der Waals surface area contributed by atoms with E-state index >= 15 is 0 Å². The van der Waals surface area contributed by atoms with Crippen LogP contribution < -0.4 is 10.6 Å². The number of amides is 2. The van der Waals surface area contributed by atoms with Gasteiger partial charge in [-0.1, -0.05) is 6.92 Å². The van der Waals surface area contributed by atoms with E-state index in [1.807, 2.05) is 0 Å². The molecule has 0 radical (unpaired) electrons. The second-order valence-corrected chi connectivity index (χ2v) is 6.01. The van der Waals surface area contributed by atoms with Gasteiger partial charge in [-0.05, 0) is 0 Å². The molecule has 9 heteroatoms. The molecule has 0 bridgehead atoms. The SMILES string of the molecule is CCS(=O)(=O)CCNC(=O)NC(CCO)C(=O)O. The topological polar surface area (TPSA) is 133 Å². The van der Waals surface area contributed by atoms with Crippen LogP contribution in [0.5, 0.6) is 0 Å². The van der Waals surface area contributed by atoms with Crippen molar-refractivity contribution < 1.29 is 28.2 Å². The summed E-state index contributed by atoms with van der Waals surface area (Å²) in [5.41, 5.74) is 0. The molecule has 2 amide bonds. The molecular formula is C9H18N2O6S. The monoisotopic (exact) mass is 282 g/mol. The van der Waals surface area contributed by atoms with Gasteiger partial charge in [0.05, 0.1) is 5.75 Å². The highest BCUT2D eigenvalue weighted by atomic mass is 32.2. The van der Waals surface area contributed by atoms with Crippen molar-refractivity contribution in [2.45, 2.75) is 19.4 Å². The number of carbonyl (C=O) groups excluding carboxylic acids is 1. The lowest BCUT2D eigenvalue weighted by Crippen LogP contribution is -2.47. The largest absolute Gasteiger partial charge is 0.480 e. The van der Waals surface area contributed by atoms with Crippen LogP contribution in [0, 0.1) is 0 Å². The molecule has 1 unspecified atom stereocenters. The number of aliphatic hydroxyl groups is 1. The molecule has 0 aromatic heterocycles. The molecule has 0 aliphatic carbocycles. The third-order valence-corrected chi connectivity index (χ3v) is 3.87. The second kappa shape index (κ2) is 7.88. The molecular weight excluding hydrogens is 264 g/mol. The highest BCUT2D eigenvalue weighted by Crippen LogP contribution is 1.91. The minimum absolute atomic E-state index is 0.0153. The van der Waals surface area contributed by atoms with Crippen molar-refractivity contribution in [3.63, 3.8) is 0 Å². The molecule has 0 fully saturated rings. The molecule has 0 heterocycles. The molecule has 4 N–H and O–H groups in total. The summed E-state index contributed by atoms with van der Waals surface area (Å²) in [5, 5.41) is 21.7. The Bertz CT molecular complexity index is 381. The number of carboxylic acid groups (broad SMARTS) is 1. The fourth-order valence-electron chi connectivity index (χ4n) is 1.06. The summed E-state index contributed by atoms with van der Waals surface area (Å²) in [5.74, 6) is -1.48. The number of sulfone groups is 1. The Balaban J connectivity index is 4.07. The third-order valence-electron chi connectivity index (χ3n) is 2.16. The van der Waals surface area contributed by atoms with Crippen molar-refractivity contribution in [1.82, 2.24) is 10.6 Å². The summed E-state index contributed by atoms with van der Waals surface area (Å²) in [6.45, 7) is 1.03. The van der Waals surface area contributed by atoms with E-state index in [0.717, 1.165) is 0 Å². The Hall–Kier alpha value is -1.35. The zero-order valence-corrected chi connectivity index (χ0v) is 10.9. The van der Waals surface area contributed by atoms with Crippen LogP contribution in [-0.4, -0.2) is 61.3 Å². The smallest absolute Gasteiger partial charge is 0.326 e. The van der Waals surface area contributed by atoms with Gasteiger partial charge < -0.3 is 20.8 Å². The number of urea groups is 1. The van der Waals surface area contributed by atoms with E-state index < -0.39 is 27.9 Å². The highest BCUT2D eigenvalue weighted by molar-refractivity contribution is 7.91. The van der Waals surface area contributed by atoms with Crippen LogP contribution in [-0.2, 0) is 14.6 Å². The highest BCUT2D eigenvalue weighted by Gasteiger charge is 2.19. The van der Waals surface area contributed by atoms with Gasteiger partial charge in [0.2, 0.25) is 0 Å². The number of aliphatic carboxylic acids is 1. The van der Waals surface area contributed by atoms with Gasteiger partial charge in [0.15, 0.2) is 9.84 Å². The molecule has 0 aromatic rings. The van der Waals surface area contributed by atoms with Crippen LogP contribution >= 0.6 is 0 Å². The molecule has 0 saturated heterocycles. The molecule has 0 rings (SSSR count). The lowest BCUT2D eigenvalue weighted by atomic mass is 10.2. The maximum atomic E-state index is 11.2. The quantitative estimate of drug-likeness (QED) is 0.431. The predicted octanol–water partition coefficient (Wildman–Crippen LogP) is -1.44. The average molecular weight is 282 g/mol. The predicted molar refractivity (Wildman–Crippen MR) is 64.0 cm³/mol. The molecule has 1 atom stereocenters. The maximum Gasteiger partial charge on any atom is 0.326 e. The number of hydrogen-bond donors (Lipinski definition) is 4. The van der Waals surface area contributed by atoms with Crippen molar-refractivity contribution in [2.75, 3.05) is 24.7 Å². The Labute approximate surface area is 105 Å². The fourth-order valence-corrected chi connectivity index (χ4v) is 1.76. The molecule has 18 heavy (non-hydrogen) atoms. The summed E-state index contributed by atoms with van der Waals surface area (Å²) in [7, 11) is -3.17. The van der Waals surface area contributed by atoms with Crippen LogP contribution in [0.2, 0.25) is 0 Å². The lowest BCUT2D eigenvalue weighted by molar-refractivity contribution is -0.139. The Morgan fingerprint density at radius 2 is 1.94 bits per heavy atom. The van der Waals surface area contributed by atoms with Gasteiger partial charge in [0.1, 0.15) is 6.04 Å². The van der Waals surface area contributed by atoms with Crippen molar-refractivity contribution in [3.8, 4) is 0 Å². The van der Waals surface area contributed by atoms with Crippen LogP contribution in [0.15, 0.2) is 0 Å². The second-order valence-electron chi connectivity index (χ2n) is 3.54. The fraction of sp³-hybridized carbons (Fsp3) is 0.778. The summed E-state index contributed by atoms with van der Waals surface area (Å²) >= 11 is 0. The van der Waals surface area contributed by atoms with E-state index in [0.29, 0.717) is 0 Å². The van der Waals surface area contributed by atoms with E-state index in [4.69, 9.17) is 10.2 Å². The number of rotatable bonds is 8. The molecule has 0 saturated carbocycles. The minimum atomic E-state index is -3.17. The summed E-state index contributed by atoms with van der Waals surface area (Å²) in [4.78, 5) is 21.9. The zero-order chi connectivity index (χ0) is 14.2. The molecule has 8 nitrogen and oxygen atoms in total. The Morgan fingerprint density at radius 1 is 1.33 bits per heavy atom. The summed E-state index contributed by atoms with van der Waals surface area (Å²) in [6.07, 6.45) is -0.115. The number of nitrogens with one attached hydrogen (secondary N) is 2. The van der Waals surface area contributed by atoms with Gasteiger partial charge in [-0.3, -0.25) is 0 Å². The van der Waals surface area contributed by atoms with Crippen molar-refractivity contribution in [1.29, 1.82) is 0 Å². The molecule has 0 spiro atoms. The van der Waals surface area contributed by atoms with Gasteiger partial charge in [-0.15, -0.1) is 0 Å². The normalized spacial score (nSPS) is 12.8. The van der Waals surface area contributed by atoms with Crippen molar-refractivity contribution in [2.24, 2.45) is 0 Å². The standard InChI is InChI=1S/C9H18N2O6S/c1-2-18(16,17)6-4-10-9(15)11-7(3-5-12)8(13)14/h7,12H,2-6H2,1H3,(H,13,14)(H2,10,11,15). The number of carboxylic acids is 1. The first-order valence-corrected chi connectivity index (χ1v) is 7.23.